The predicted molar refractivity (Wildman–Crippen MR) is 102 cm³/mol. The van der Waals surface area contributed by atoms with Gasteiger partial charge in [0.1, 0.15) is 0 Å². The van der Waals surface area contributed by atoms with Gasteiger partial charge in [-0.3, -0.25) is 9.59 Å². The lowest BCUT2D eigenvalue weighted by Gasteiger charge is -2.22. The number of carbonyl (C=O) groups excluding carboxylic acids is 1. The molecule has 1 aliphatic rings. The third-order valence-corrected chi connectivity index (χ3v) is 5.08. The van der Waals surface area contributed by atoms with Crippen LogP contribution in [-0.2, 0) is 11.2 Å². The van der Waals surface area contributed by atoms with Crippen molar-refractivity contribution in [2.24, 2.45) is 0 Å². The molecule has 2 aromatic heterocycles. The summed E-state index contributed by atoms with van der Waals surface area (Å²) in [6.45, 7) is 5.83. The minimum absolute atomic E-state index is 0.0131. The quantitative estimate of drug-likeness (QED) is 0.841. The van der Waals surface area contributed by atoms with Gasteiger partial charge in [0, 0.05) is 30.6 Å². The fraction of sp³-hybridized carbons (Fsp3) is 0.600. The van der Waals surface area contributed by atoms with Crippen molar-refractivity contribution >= 4 is 5.91 Å². The molecule has 0 atom stereocenters. The van der Waals surface area contributed by atoms with E-state index < -0.39 is 0 Å². The van der Waals surface area contributed by atoms with Gasteiger partial charge in [-0.2, -0.15) is 4.98 Å². The largest absolute Gasteiger partial charge is 0.353 e. The molecular weight excluding hydrogens is 344 g/mol. The first kappa shape index (κ1) is 19.3. The third-order valence-electron chi connectivity index (χ3n) is 5.08. The Bertz CT molecular complexity index is 847. The van der Waals surface area contributed by atoms with Crippen LogP contribution in [0.5, 0.6) is 0 Å². The van der Waals surface area contributed by atoms with Crippen LogP contribution in [0.4, 0.5) is 0 Å². The molecule has 27 heavy (non-hydrogen) atoms. The molecule has 0 aromatic carbocycles. The van der Waals surface area contributed by atoms with Gasteiger partial charge >= 0.3 is 0 Å². The minimum Gasteiger partial charge on any atom is -0.353 e. The third kappa shape index (κ3) is 4.64. The molecule has 0 saturated heterocycles. The lowest BCUT2D eigenvalue weighted by molar-refractivity contribution is -0.122. The summed E-state index contributed by atoms with van der Waals surface area (Å²) < 4.78 is 6.97. The number of amides is 1. The van der Waals surface area contributed by atoms with Crippen molar-refractivity contribution in [1.82, 2.24) is 20.0 Å². The van der Waals surface area contributed by atoms with E-state index in [1.807, 2.05) is 26.8 Å². The highest BCUT2D eigenvalue weighted by atomic mass is 16.5. The molecule has 0 bridgehead atoms. The second-order valence-electron chi connectivity index (χ2n) is 7.57. The summed E-state index contributed by atoms with van der Waals surface area (Å²) in [6, 6.07) is 3.95. The summed E-state index contributed by atoms with van der Waals surface area (Å²) >= 11 is 0. The van der Waals surface area contributed by atoms with Crippen LogP contribution in [0.15, 0.2) is 21.5 Å². The monoisotopic (exact) mass is 372 g/mol. The standard InChI is InChI=1S/C20H28N4O3/c1-13(2)24-14(3)9-10-16(20(24)26)19-22-18(27-23-19)12-11-17(25)21-15-7-5-4-6-8-15/h9-10,13,15H,4-8,11-12H2,1-3H3,(H,21,25). The molecule has 0 unspecified atom stereocenters. The van der Waals surface area contributed by atoms with Crippen LogP contribution in [0.2, 0.25) is 0 Å². The van der Waals surface area contributed by atoms with Gasteiger partial charge in [0.25, 0.3) is 5.56 Å². The van der Waals surface area contributed by atoms with E-state index in [0.717, 1.165) is 18.5 Å². The van der Waals surface area contributed by atoms with E-state index in [2.05, 4.69) is 15.5 Å². The Morgan fingerprint density at radius 3 is 2.74 bits per heavy atom. The Morgan fingerprint density at radius 1 is 1.30 bits per heavy atom. The Morgan fingerprint density at radius 2 is 2.04 bits per heavy atom. The molecule has 146 valence electrons. The SMILES string of the molecule is Cc1ccc(-c2noc(CCC(=O)NC3CCCCC3)n2)c(=O)n1C(C)C. The normalized spacial score (nSPS) is 15.3. The van der Waals surface area contributed by atoms with Crippen LogP contribution in [0.1, 0.15) is 70.0 Å². The first-order valence-corrected chi connectivity index (χ1v) is 9.80. The highest BCUT2D eigenvalue weighted by Gasteiger charge is 2.18. The molecular formula is C20H28N4O3. The zero-order valence-electron chi connectivity index (χ0n) is 16.3. The van der Waals surface area contributed by atoms with E-state index in [1.165, 1.54) is 19.3 Å². The smallest absolute Gasteiger partial charge is 0.262 e. The number of aromatic nitrogens is 3. The van der Waals surface area contributed by atoms with Crippen LogP contribution in [-0.4, -0.2) is 26.7 Å². The van der Waals surface area contributed by atoms with Crippen molar-refractivity contribution in [3.63, 3.8) is 0 Å². The van der Waals surface area contributed by atoms with Crippen molar-refractivity contribution in [1.29, 1.82) is 0 Å². The summed E-state index contributed by atoms with van der Waals surface area (Å²) in [7, 11) is 0. The maximum Gasteiger partial charge on any atom is 0.262 e. The number of hydrogen-bond donors (Lipinski definition) is 1. The van der Waals surface area contributed by atoms with Crippen LogP contribution in [0.3, 0.4) is 0 Å². The molecule has 1 amide bonds. The number of hydrogen-bond acceptors (Lipinski definition) is 5. The van der Waals surface area contributed by atoms with Gasteiger partial charge in [-0.1, -0.05) is 24.4 Å². The average molecular weight is 372 g/mol. The van der Waals surface area contributed by atoms with E-state index in [9.17, 15) is 9.59 Å². The van der Waals surface area contributed by atoms with E-state index in [-0.39, 0.29) is 23.3 Å². The lowest BCUT2D eigenvalue weighted by Crippen LogP contribution is -2.36. The number of rotatable bonds is 6. The molecule has 1 fully saturated rings. The Balaban J connectivity index is 1.64. The first-order chi connectivity index (χ1) is 13.0. The fourth-order valence-corrected chi connectivity index (χ4v) is 3.69. The molecule has 0 radical (unpaired) electrons. The summed E-state index contributed by atoms with van der Waals surface area (Å²) in [6.07, 6.45) is 6.43. The zero-order chi connectivity index (χ0) is 19.4. The van der Waals surface area contributed by atoms with Crippen LogP contribution in [0, 0.1) is 6.92 Å². The Kier molecular flexibility index (Phi) is 6.08. The molecule has 3 rings (SSSR count). The number of nitrogens with zero attached hydrogens (tertiary/aromatic N) is 3. The lowest BCUT2D eigenvalue weighted by atomic mass is 9.95. The maximum absolute atomic E-state index is 12.7. The van der Waals surface area contributed by atoms with Crippen LogP contribution in [0.25, 0.3) is 11.4 Å². The topological polar surface area (TPSA) is 90.0 Å². The highest BCUT2D eigenvalue weighted by Crippen LogP contribution is 2.18. The number of carbonyl (C=O) groups is 1. The second-order valence-corrected chi connectivity index (χ2v) is 7.57. The maximum atomic E-state index is 12.7. The number of aryl methyl sites for hydroxylation is 2. The number of nitrogens with one attached hydrogen (secondary N) is 1. The Labute approximate surface area is 159 Å². The summed E-state index contributed by atoms with van der Waals surface area (Å²) in [5, 5.41) is 7.02. The zero-order valence-corrected chi connectivity index (χ0v) is 16.3. The van der Waals surface area contributed by atoms with Crippen molar-refractivity contribution in [3.05, 3.63) is 34.1 Å². The van der Waals surface area contributed by atoms with Gasteiger partial charge in [0.05, 0.1) is 5.56 Å². The van der Waals surface area contributed by atoms with Crippen LogP contribution >= 0.6 is 0 Å². The van der Waals surface area contributed by atoms with Crippen molar-refractivity contribution in [2.75, 3.05) is 0 Å². The predicted octanol–water partition coefficient (Wildman–Crippen LogP) is 3.17. The molecule has 1 saturated carbocycles. The molecule has 7 heteroatoms. The average Bonchev–Trinajstić information content (AvgIpc) is 3.09. The van der Waals surface area contributed by atoms with Crippen molar-refractivity contribution < 1.29 is 9.32 Å². The van der Waals surface area contributed by atoms with E-state index in [0.29, 0.717) is 30.3 Å². The second kappa shape index (κ2) is 8.50. The first-order valence-electron chi connectivity index (χ1n) is 9.80. The molecule has 0 aliphatic heterocycles. The van der Waals surface area contributed by atoms with Gasteiger partial charge in [0.15, 0.2) is 0 Å². The van der Waals surface area contributed by atoms with Crippen LogP contribution < -0.4 is 10.9 Å². The molecule has 0 spiro atoms. The van der Waals surface area contributed by atoms with Gasteiger partial charge in [0.2, 0.25) is 17.6 Å². The molecule has 2 aromatic rings. The van der Waals surface area contributed by atoms with E-state index in [4.69, 9.17) is 4.52 Å². The molecule has 1 aliphatic carbocycles. The van der Waals surface area contributed by atoms with Gasteiger partial charge in [-0.15, -0.1) is 0 Å². The molecule has 7 nitrogen and oxygen atoms in total. The minimum atomic E-state index is -0.132. The summed E-state index contributed by atoms with van der Waals surface area (Å²) in [4.78, 5) is 29.1. The van der Waals surface area contributed by atoms with Gasteiger partial charge < -0.3 is 14.4 Å². The van der Waals surface area contributed by atoms with E-state index in [1.54, 1.807) is 10.6 Å². The Hall–Kier alpha value is -2.44. The van der Waals surface area contributed by atoms with Gasteiger partial charge in [-0.25, -0.2) is 0 Å². The number of pyridine rings is 1. The molecule has 1 N–H and O–H groups in total. The van der Waals surface area contributed by atoms with E-state index >= 15 is 0 Å². The van der Waals surface area contributed by atoms with Crippen molar-refractivity contribution in [3.8, 4) is 11.4 Å². The fourth-order valence-electron chi connectivity index (χ4n) is 3.69. The molecule has 2 heterocycles. The van der Waals surface area contributed by atoms with Crippen molar-refractivity contribution in [2.45, 2.75) is 77.8 Å². The van der Waals surface area contributed by atoms with Gasteiger partial charge in [-0.05, 0) is 45.7 Å². The summed E-state index contributed by atoms with van der Waals surface area (Å²) in [5.41, 5.74) is 1.17. The summed E-state index contributed by atoms with van der Waals surface area (Å²) in [5.74, 6) is 0.663. The highest BCUT2D eigenvalue weighted by molar-refractivity contribution is 5.76.